The third-order valence-corrected chi connectivity index (χ3v) is 5.25. The highest BCUT2D eigenvalue weighted by Crippen LogP contribution is 2.40. The van der Waals surface area contributed by atoms with Gasteiger partial charge in [0.1, 0.15) is 29.0 Å². The van der Waals surface area contributed by atoms with Crippen molar-refractivity contribution in [1.82, 2.24) is 14.5 Å². The predicted octanol–water partition coefficient (Wildman–Crippen LogP) is 3.85. The summed E-state index contributed by atoms with van der Waals surface area (Å²) in [6.45, 7) is 1.70. The highest BCUT2D eigenvalue weighted by molar-refractivity contribution is 5.83. The molecular weight excluding hydrogens is 324 g/mol. The monoisotopic (exact) mass is 345 g/mol. The first-order chi connectivity index (χ1) is 12.6. The average molecular weight is 345 g/mol. The zero-order valence-electron chi connectivity index (χ0n) is 15.0. The van der Waals surface area contributed by atoms with Crippen LogP contribution in [-0.4, -0.2) is 30.6 Å². The Morgan fingerprint density at radius 3 is 2.88 bits per heavy atom. The van der Waals surface area contributed by atoms with Crippen LogP contribution in [0.2, 0.25) is 0 Å². The van der Waals surface area contributed by atoms with E-state index in [0.29, 0.717) is 5.89 Å². The Morgan fingerprint density at radius 2 is 2.04 bits per heavy atom. The van der Waals surface area contributed by atoms with Crippen molar-refractivity contribution in [3.63, 3.8) is 0 Å². The summed E-state index contributed by atoms with van der Waals surface area (Å²) in [6.07, 6.45) is 7.10. The van der Waals surface area contributed by atoms with Gasteiger partial charge in [0.05, 0.1) is 31.9 Å². The third kappa shape index (κ3) is 2.35. The first-order valence-electron chi connectivity index (χ1n) is 8.93. The molecule has 0 atom stereocenters. The Morgan fingerprint density at radius 1 is 1.12 bits per heavy atom. The van der Waals surface area contributed by atoms with Crippen LogP contribution < -0.4 is 9.38 Å². The Hall–Kier alpha value is -2.92. The van der Waals surface area contributed by atoms with E-state index in [1.165, 1.54) is 16.9 Å². The van der Waals surface area contributed by atoms with Gasteiger partial charge in [0.2, 0.25) is 5.89 Å². The van der Waals surface area contributed by atoms with E-state index in [9.17, 15) is 0 Å². The smallest absolute Gasteiger partial charge is 0.245 e. The van der Waals surface area contributed by atoms with Crippen molar-refractivity contribution < 1.29 is 4.42 Å². The molecule has 5 heteroatoms. The van der Waals surface area contributed by atoms with Gasteiger partial charge in [-0.15, -0.1) is 0 Å². The number of rotatable bonds is 2. The zero-order valence-corrected chi connectivity index (χ0v) is 15.0. The highest BCUT2D eigenvalue weighted by Gasteiger charge is 2.30. The summed E-state index contributed by atoms with van der Waals surface area (Å²) in [5, 5.41) is 0. The van der Waals surface area contributed by atoms with Crippen molar-refractivity contribution in [2.24, 2.45) is 0 Å². The standard InChI is InChI=1S/C21H21N4O/c1-25(2)13-10-15-18(7-5-8-19(15)25)24-12-9-20-17(14-24)23-21(26-20)16-6-3-4-11-22-16/h3-8,10-11,13H,9,12,14H2,1-2H3/q+1. The van der Waals surface area contributed by atoms with Crippen LogP contribution in [0.3, 0.4) is 0 Å². The summed E-state index contributed by atoms with van der Waals surface area (Å²) in [5.41, 5.74) is 5.73. The molecule has 1 aromatic carbocycles. The number of nitrogens with zero attached hydrogens (tertiary/aromatic N) is 4. The summed E-state index contributed by atoms with van der Waals surface area (Å²) in [4.78, 5) is 11.5. The zero-order chi connectivity index (χ0) is 17.7. The maximum absolute atomic E-state index is 5.98. The fourth-order valence-electron chi connectivity index (χ4n) is 3.83. The van der Waals surface area contributed by atoms with Crippen LogP contribution in [0.15, 0.2) is 53.2 Å². The molecule has 130 valence electrons. The Bertz CT molecular complexity index is 1000. The lowest BCUT2D eigenvalue weighted by Gasteiger charge is -2.29. The lowest BCUT2D eigenvalue weighted by molar-refractivity contribution is 0.498. The second-order valence-corrected chi connectivity index (χ2v) is 7.34. The quantitative estimate of drug-likeness (QED) is 0.662. The van der Waals surface area contributed by atoms with Crippen molar-refractivity contribution in [2.75, 3.05) is 25.5 Å². The molecule has 0 fully saturated rings. The number of quaternary nitrogens is 1. The summed E-state index contributed by atoms with van der Waals surface area (Å²) in [5.74, 6) is 1.61. The largest absolute Gasteiger partial charge is 0.439 e. The number of hydrogen-bond donors (Lipinski definition) is 0. The molecule has 0 saturated heterocycles. The van der Waals surface area contributed by atoms with Crippen molar-refractivity contribution >= 4 is 17.5 Å². The Balaban J connectivity index is 1.48. The number of fused-ring (bicyclic) bond motifs is 2. The fraction of sp³-hybridized carbons (Fsp3) is 0.238. The molecule has 26 heavy (non-hydrogen) atoms. The molecule has 4 heterocycles. The van der Waals surface area contributed by atoms with Gasteiger partial charge >= 0.3 is 0 Å². The second kappa shape index (κ2) is 5.54. The van der Waals surface area contributed by atoms with E-state index < -0.39 is 0 Å². The van der Waals surface area contributed by atoms with Gasteiger partial charge in [-0.1, -0.05) is 12.1 Å². The molecule has 0 bridgehead atoms. The number of aromatic nitrogens is 2. The van der Waals surface area contributed by atoms with Crippen molar-refractivity contribution in [2.45, 2.75) is 13.0 Å². The van der Waals surface area contributed by atoms with E-state index in [2.05, 4.69) is 54.5 Å². The van der Waals surface area contributed by atoms with Crippen molar-refractivity contribution in [3.8, 4) is 11.6 Å². The Kier molecular flexibility index (Phi) is 3.27. The van der Waals surface area contributed by atoms with Crippen LogP contribution >= 0.6 is 0 Å². The maximum Gasteiger partial charge on any atom is 0.245 e. The van der Waals surface area contributed by atoms with E-state index in [0.717, 1.165) is 41.1 Å². The van der Waals surface area contributed by atoms with Crippen molar-refractivity contribution in [3.05, 3.63) is 65.8 Å². The molecule has 5 rings (SSSR count). The number of pyridine rings is 1. The minimum absolute atomic E-state index is 0.619. The number of oxazole rings is 1. The van der Waals surface area contributed by atoms with E-state index in [1.807, 2.05) is 18.2 Å². The molecule has 0 unspecified atom stereocenters. The molecule has 5 nitrogen and oxygen atoms in total. The molecule has 0 radical (unpaired) electrons. The number of hydrogen-bond acceptors (Lipinski definition) is 4. The van der Waals surface area contributed by atoms with Gasteiger partial charge in [0.25, 0.3) is 0 Å². The molecule has 3 aromatic rings. The van der Waals surface area contributed by atoms with Crippen LogP contribution in [-0.2, 0) is 13.0 Å². The summed E-state index contributed by atoms with van der Waals surface area (Å²) in [7, 11) is 4.41. The molecule has 2 aromatic heterocycles. The third-order valence-electron chi connectivity index (χ3n) is 5.25. The van der Waals surface area contributed by atoms with E-state index in [1.54, 1.807) is 6.20 Å². The number of benzene rings is 1. The predicted molar refractivity (Wildman–Crippen MR) is 104 cm³/mol. The van der Waals surface area contributed by atoms with Crippen LogP contribution in [0.25, 0.3) is 17.7 Å². The topological polar surface area (TPSA) is 42.2 Å². The normalized spacial score (nSPS) is 17.2. The average Bonchev–Trinajstić information content (AvgIpc) is 3.23. The van der Waals surface area contributed by atoms with Crippen LogP contribution in [0, 0.1) is 0 Å². The van der Waals surface area contributed by atoms with Gasteiger partial charge in [0, 0.05) is 31.3 Å². The minimum Gasteiger partial charge on any atom is -0.439 e. The molecule has 0 spiro atoms. The minimum atomic E-state index is 0.619. The lowest BCUT2D eigenvalue weighted by atomic mass is 10.1. The number of anilines is 1. The van der Waals surface area contributed by atoms with E-state index >= 15 is 0 Å². The first kappa shape index (κ1) is 15.3. The summed E-state index contributed by atoms with van der Waals surface area (Å²) in [6, 6.07) is 12.4. The van der Waals surface area contributed by atoms with Gasteiger partial charge in [0.15, 0.2) is 0 Å². The summed E-state index contributed by atoms with van der Waals surface area (Å²) < 4.78 is 6.77. The fourth-order valence-corrected chi connectivity index (χ4v) is 3.83. The van der Waals surface area contributed by atoms with Gasteiger partial charge < -0.3 is 9.32 Å². The van der Waals surface area contributed by atoms with Crippen LogP contribution in [0.4, 0.5) is 11.4 Å². The first-order valence-corrected chi connectivity index (χ1v) is 8.93. The molecule has 0 saturated carbocycles. The van der Waals surface area contributed by atoms with Gasteiger partial charge in [-0.05, 0) is 18.2 Å². The van der Waals surface area contributed by atoms with Crippen molar-refractivity contribution in [1.29, 1.82) is 0 Å². The summed E-state index contributed by atoms with van der Waals surface area (Å²) >= 11 is 0. The van der Waals surface area contributed by atoms with Gasteiger partial charge in [-0.2, -0.15) is 0 Å². The molecule has 0 aliphatic carbocycles. The molecule has 2 aliphatic rings. The van der Waals surface area contributed by atoms with E-state index in [-0.39, 0.29) is 0 Å². The van der Waals surface area contributed by atoms with E-state index in [4.69, 9.17) is 9.40 Å². The van der Waals surface area contributed by atoms with Crippen LogP contribution in [0.1, 0.15) is 17.0 Å². The molecule has 0 amide bonds. The van der Waals surface area contributed by atoms with Crippen LogP contribution in [0.5, 0.6) is 0 Å². The lowest BCUT2D eigenvalue weighted by Crippen LogP contribution is -2.33. The maximum atomic E-state index is 5.98. The Labute approximate surface area is 152 Å². The second-order valence-electron chi connectivity index (χ2n) is 7.34. The molecular formula is C21H21N4O+. The SMILES string of the molecule is C[N+]1(C)C=Cc2c(N3CCc4oc(-c5ccccn5)nc4C3)cccc21. The van der Waals surface area contributed by atoms with Gasteiger partial charge in [-0.3, -0.25) is 9.47 Å². The molecule has 2 aliphatic heterocycles. The highest BCUT2D eigenvalue weighted by atomic mass is 16.4. The molecule has 0 N–H and O–H groups in total. The van der Waals surface area contributed by atoms with Gasteiger partial charge in [-0.25, -0.2) is 4.98 Å².